The fourth-order valence-corrected chi connectivity index (χ4v) is 1.70. The van der Waals surface area contributed by atoms with Crippen LogP contribution in [0.2, 0.25) is 0 Å². The van der Waals surface area contributed by atoms with Crippen molar-refractivity contribution in [3.05, 3.63) is 47.2 Å². The molecule has 5 N–H and O–H groups in total. The molecule has 0 unspecified atom stereocenters. The summed E-state index contributed by atoms with van der Waals surface area (Å²) in [6.45, 7) is 2.12. The van der Waals surface area contributed by atoms with Crippen molar-refractivity contribution in [3.63, 3.8) is 0 Å². The van der Waals surface area contributed by atoms with E-state index >= 15 is 0 Å². The molecule has 0 radical (unpaired) electrons. The summed E-state index contributed by atoms with van der Waals surface area (Å²) in [5.74, 6) is 0.182. The van der Waals surface area contributed by atoms with Crippen LogP contribution in [0, 0.1) is 12.7 Å². The molecule has 0 bridgehead atoms. The van der Waals surface area contributed by atoms with E-state index in [9.17, 15) is 9.18 Å². The number of nitrogens with two attached hydrogens (primary N) is 2. The van der Waals surface area contributed by atoms with Crippen LogP contribution in [-0.2, 0) is 6.54 Å². The first-order chi connectivity index (χ1) is 8.97. The van der Waals surface area contributed by atoms with Crippen molar-refractivity contribution in [1.29, 1.82) is 0 Å². The largest absolute Gasteiger partial charge is 0.465 e. The Bertz CT molecular complexity index is 622. The van der Waals surface area contributed by atoms with Crippen molar-refractivity contribution in [1.82, 2.24) is 0 Å². The van der Waals surface area contributed by atoms with E-state index in [0.29, 0.717) is 12.3 Å². The van der Waals surface area contributed by atoms with Gasteiger partial charge in [0, 0.05) is 5.69 Å². The van der Waals surface area contributed by atoms with Crippen LogP contribution in [0.4, 0.5) is 15.8 Å². The van der Waals surface area contributed by atoms with Gasteiger partial charge in [0.25, 0.3) is 5.91 Å². The van der Waals surface area contributed by atoms with Gasteiger partial charge in [0.15, 0.2) is 0 Å². The zero-order chi connectivity index (χ0) is 14.0. The average molecular weight is 263 g/mol. The minimum atomic E-state index is -0.700. The van der Waals surface area contributed by atoms with Crippen LogP contribution in [0.15, 0.2) is 28.7 Å². The predicted molar refractivity (Wildman–Crippen MR) is 70.1 cm³/mol. The first-order valence-corrected chi connectivity index (χ1v) is 5.65. The van der Waals surface area contributed by atoms with E-state index in [1.165, 1.54) is 6.07 Å². The second-order valence-corrected chi connectivity index (χ2v) is 4.15. The Balaban J connectivity index is 2.20. The summed E-state index contributed by atoms with van der Waals surface area (Å²) in [4.78, 5) is 11.1. The molecule has 0 aliphatic heterocycles. The standard InChI is InChI=1S/C13H14FN3O2/c1-7-2-3-8(19-7)6-17-12-4-9(13(16)18)11(15)5-10(12)14/h2-5,17H,6,15H2,1H3,(H2,16,18). The third-order valence-electron chi connectivity index (χ3n) is 2.65. The number of amides is 1. The third kappa shape index (κ3) is 2.85. The Morgan fingerprint density at radius 1 is 1.42 bits per heavy atom. The molecule has 1 amide bonds. The van der Waals surface area contributed by atoms with Gasteiger partial charge in [-0.15, -0.1) is 0 Å². The highest BCUT2D eigenvalue weighted by Crippen LogP contribution is 2.22. The SMILES string of the molecule is Cc1ccc(CNc2cc(C(N)=O)c(N)cc2F)o1. The van der Waals surface area contributed by atoms with Crippen LogP contribution in [0.5, 0.6) is 0 Å². The van der Waals surface area contributed by atoms with Gasteiger partial charge in [-0.05, 0) is 31.2 Å². The molecule has 0 saturated heterocycles. The molecule has 100 valence electrons. The number of hydrogen-bond acceptors (Lipinski definition) is 4. The third-order valence-corrected chi connectivity index (χ3v) is 2.65. The van der Waals surface area contributed by atoms with E-state index in [1.54, 1.807) is 6.07 Å². The summed E-state index contributed by atoms with van der Waals surface area (Å²) >= 11 is 0. The Morgan fingerprint density at radius 3 is 2.74 bits per heavy atom. The Morgan fingerprint density at radius 2 is 2.16 bits per heavy atom. The zero-order valence-corrected chi connectivity index (χ0v) is 10.4. The number of nitrogen functional groups attached to an aromatic ring is 1. The molecule has 2 rings (SSSR count). The summed E-state index contributed by atoms with van der Waals surface area (Å²) in [5, 5.41) is 2.83. The summed E-state index contributed by atoms with van der Waals surface area (Å²) in [6, 6.07) is 5.95. The van der Waals surface area contributed by atoms with Crippen LogP contribution in [0.1, 0.15) is 21.9 Å². The maximum absolute atomic E-state index is 13.7. The molecular weight excluding hydrogens is 249 g/mol. The van der Waals surface area contributed by atoms with Gasteiger partial charge in [-0.2, -0.15) is 0 Å². The van der Waals surface area contributed by atoms with Gasteiger partial charge in [-0.25, -0.2) is 4.39 Å². The van der Waals surface area contributed by atoms with E-state index in [0.717, 1.165) is 11.8 Å². The van der Waals surface area contributed by atoms with E-state index in [-0.39, 0.29) is 16.9 Å². The van der Waals surface area contributed by atoms with Crippen molar-refractivity contribution >= 4 is 17.3 Å². The number of benzene rings is 1. The molecule has 1 aromatic heterocycles. The highest BCUT2D eigenvalue weighted by molar-refractivity contribution is 5.99. The second-order valence-electron chi connectivity index (χ2n) is 4.15. The lowest BCUT2D eigenvalue weighted by atomic mass is 10.1. The lowest BCUT2D eigenvalue weighted by Gasteiger charge is -2.09. The monoisotopic (exact) mass is 263 g/mol. The summed E-state index contributed by atoms with van der Waals surface area (Å²) in [5.41, 5.74) is 10.9. The molecule has 0 aliphatic carbocycles. The fourth-order valence-electron chi connectivity index (χ4n) is 1.70. The fraction of sp³-hybridized carbons (Fsp3) is 0.154. The van der Waals surface area contributed by atoms with Crippen molar-refractivity contribution < 1.29 is 13.6 Å². The predicted octanol–water partition coefficient (Wildman–Crippen LogP) is 2.02. The van der Waals surface area contributed by atoms with Crippen LogP contribution < -0.4 is 16.8 Å². The zero-order valence-electron chi connectivity index (χ0n) is 10.4. The molecule has 2 aromatic rings. The first kappa shape index (κ1) is 12.9. The van der Waals surface area contributed by atoms with Gasteiger partial charge >= 0.3 is 0 Å². The lowest BCUT2D eigenvalue weighted by molar-refractivity contribution is 0.100. The first-order valence-electron chi connectivity index (χ1n) is 5.65. The number of primary amides is 1. The van der Waals surface area contributed by atoms with Gasteiger partial charge < -0.3 is 21.2 Å². The van der Waals surface area contributed by atoms with Crippen LogP contribution in [-0.4, -0.2) is 5.91 Å². The van der Waals surface area contributed by atoms with Crippen molar-refractivity contribution in [3.8, 4) is 0 Å². The van der Waals surface area contributed by atoms with E-state index in [4.69, 9.17) is 15.9 Å². The van der Waals surface area contributed by atoms with Crippen molar-refractivity contribution in [2.45, 2.75) is 13.5 Å². The van der Waals surface area contributed by atoms with Gasteiger partial charge in [0.05, 0.1) is 17.8 Å². The molecule has 6 heteroatoms. The quantitative estimate of drug-likeness (QED) is 0.735. The van der Waals surface area contributed by atoms with E-state index in [1.807, 2.05) is 13.0 Å². The Hall–Kier alpha value is -2.50. The number of anilines is 2. The number of rotatable bonds is 4. The number of aryl methyl sites for hydroxylation is 1. The number of furan rings is 1. The van der Waals surface area contributed by atoms with Crippen LogP contribution >= 0.6 is 0 Å². The average Bonchev–Trinajstić information content (AvgIpc) is 2.73. The maximum atomic E-state index is 13.7. The molecule has 0 aliphatic rings. The molecule has 19 heavy (non-hydrogen) atoms. The highest BCUT2D eigenvalue weighted by Gasteiger charge is 2.12. The molecule has 1 aromatic carbocycles. The topological polar surface area (TPSA) is 94.3 Å². The number of carbonyl (C=O) groups is 1. The van der Waals surface area contributed by atoms with Gasteiger partial charge in [0.1, 0.15) is 17.3 Å². The van der Waals surface area contributed by atoms with Crippen LogP contribution in [0.3, 0.4) is 0 Å². The Labute approximate surface area is 109 Å². The number of hydrogen-bond donors (Lipinski definition) is 3. The number of carbonyl (C=O) groups excluding carboxylic acids is 1. The smallest absolute Gasteiger partial charge is 0.250 e. The molecular formula is C13H14FN3O2. The van der Waals surface area contributed by atoms with E-state index < -0.39 is 11.7 Å². The minimum absolute atomic E-state index is 0.0180. The molecule has 1 heterocycles. The number of halogens is 1. The van der Waals surface area contributed by atoms with Gasteiger partial charge in [0.2, 0.25) is 0 Å². The second kappa shape index (κ2) is 5.01. The normalized spacial score (nSPS) is 10.4. The Kier molecular flexibility index (Phi) is 3.41. The summed E-state index contributed by atoms with van der Waals surface area (Å²) in [7, 11) is 0. The van der Waals surface area contributed by atoms with E-state index in [2.05, 4.69) is 5.32 Å². The molecule has 0 fully saturated rings. The molecule has 0 spiro atoms. The van der Waals surface area contributed by atoms with Gasteiger partial charge in [-0.1, -0.05) is 0 Å². The maximum Gasteiger partial charge on any atom is 0.250 e. The molecule has 0 atom stereocenters. The molecule has 0 saturated carbocycles. The number of nitrogens with one attached hydrogen (secondary N) is 1. The van der Waals surface area contributed by atoms with Crippen molar-refractivity contribution in [2.24, 2.45) is 5.73 Å². The summed E-state index contributed by atoms with van der Waals surface area (Å²) < 4.78 is 19.0. The van der Waals surface area contributed by atoms with Gasteiger partial charge in [-0.3, -0.25) is 4.79 Å². The highest BCUT2D eigenvalue weighted by atomic mass is 19.1. The molecule has 5 nitrogen and oxygen atoms in total. The summed E-state index contributed by atoms with van der Waals surface area (Å²) in [6.07, 6.45) is 0. The van der Waals surface area contributed by atoms with Crippen molar-refractivity contribution in [2.75, 3.05) is 11.1 Å². The minimum Gasteiger partial charge on any atom is -0.465 e. The van der Waals surface area contributed by atoms with Crippen LogP contribution in [0.25, 0.3) is 0 Å². The lowest BCUT2D eigenvalue weighted by Crippen LogP contribution is -2.14.